The predicted octanol–water partition coefficient (Wildman–Crippen LogP) is 4.45. The number of rotatable bonds is 1. The second-order valence-electron chi connectivity index (χ2n) is 6.66. The highest BCUT2D eigenvalue weighted by Crippen LogP contribution is 2.49. The molecule has 1 heterocycles. The summed E-state index contributed by atoms with van der Waals surface area (Å²) in [6.45, 7) is 5.26. The molecule has 4 nitrogen and oxygen atoms in total. The number of nitrogens with zero attached hydrogens (tertiary/aromatic N) is 1. The summed E-state index contributed by atoms with van der Waals surface area (Å²) in [5.74, 6) is -0.522. The molecule has 124 valence electrons. The van der Waals surface area contributed by atoms with Crippen LogP contribution in [0.15, 0.2) is 54.6 Å². The van der Waals surface area contributed by atoms with Crippen molar-refractivity contribution in [3.63, 3.8) is 0 Å². The fourth-order valence-electron chi connectivity index (χ4n) is 2.77. The van der Waals surface area contributed by atoms with Crippen LogP contribution < -0.4 is 4.90 Å². The van der Waals surface area contributed by atoms with Crippen molar-refractivity contribution in [1.29, 1.82) is 0 Å². The SMILES string of the molecule is CC(C)(C)OC(=O)N1C(=O)[C@@](Cl)(c2ccccc2)c2ccccc21. The van der Waals surface area contributed by atoms with E-state index in [0.717, 1.165) is 4.90 Å². The number of benzene rings is 2. The van der Waals surface area contributed by atoms with Gasteiger partial charge in [0, 0.05) is 5.56 Å². The van der Waals surface area contributed by atoms with E-state index >= 15 is 0 Å². The van der Waals surface area contributed by atoms with Crippen LogP contribution in [0.3, 0.4) is 0 Å². The minimum Gasteiger partial charge on any atom is -0.443 e. The van der Waals surface area contributed by atoms with Crippen LogP contribution in [0.25, 0.3) is 0 Å². The van der Waals surface area contributed by atoms with Crippen LogP contribution in [-0.4, -0.2) is 17.6 Å². The number of para-hydroxylation sites is 1. The van der Waals surface area contributed by atoms with E-state index in [1.54, 1.807) is 57.2 Å². The van der Waals surface area contributed by atoms with Gasteiger partial charge in [0.25, 0.3) is 5.91 Å². The fraction of sp³-hybridized carbons (Fsp3) is 0.263. The number of halogens is 1. The highest BCUT2D eigenvalue weighted by molar-refractivity contribution is 6.44. The Kier molecular flexibility index (Phi) is 3.88. The van der Waals surface area contributed by atoms with Gasteiger partial charge in [-0.3, -0.25) is 4.79 Å². The first-order chi connectivity index (χ1) is 11.2. The smallest absolute Gasteiger partial charge is 0.421 e. The zero-order chi connectivity index (χ0) is 17.5. The van der Waals surface area contributed by atoms with Gasteiger partial charge in [0.15, 0.2) is 4.87 Å². The molecule has 0 aliphatic carbocycles. The van der Waals surface area contributed by atoms with E-state index in [1.165, 1.54) is 0 Å². The third-order valence-corrected chi connectivity index (χ3v) is 4.35. The first-order valence-electron chi connectivity index (χ1n) is 7.66. The molecule has 2 amide bonds. The van der Waals surface area contributed by atoms with E-state index < -0.39 is 22.5 Å². The average molecular weight is 344 g/mol. The summed E-state index contributed by atoms with van der Waals surface area (Å²) in [5.41, 5.74) is 0.941. The van der Waals surface area contributed by atoms with Crippen molar-refractivity contribution < 1.29 is 14.3 Å². The van der Waals surface area contributed by atoms with Gasteiger partial charge in [-0.05, 0) is 32.4 Å². The minimum atomic E-state index is -1.44. The number of hydrogen-bond acceptors (Lipinski definition) is 3. The molecule has 2 aromatic rings. The number of ether oxygens (including phenoxy) is 1. The molecule has 3 rings (SSSR count). The first kappa shape index (κ1) is 16.5. The van der Waals surface area contributed by atoms with E-state index in [1.807, 2.05) is 18.2 Å². The van der Waals surface area contributed by atoms with Crippen molar-refractivity contribution in [3.05, 3.63) is 65.7 Å². The number of anilines is 1. The highest BCUT2D eigenvalue weighted by atomic mass is 35.5. The van der Waals surface area contributed by atoms with Crippen molar-refractivity contribution in [2.75, 3.05) is 4.90 Å². The van der Waals surface area contributed by atoms with Crippen molar-refractivity contribution in [2.45, 2.75) is 31.2 Å². The van der Waals surface area contributed by atoms with Gasteiger partial charge in [0.1, 0.15) is 5.60 Å². The molecule has 0 fully saturated rings. The number of carbonyl (C=O) groups excluding carboxylic acids is 2. The van der Waals surface area contributed by atoms with Crippen LogP contribution in [0.5, 0.6) is 0 Å². The van der Waals surface area contributed by atoms with E-state index in [0.29, 0.717) is 16.8 Å². The summed E-state index contributed by atoms with van der Waals surface area (Å²) in [6.07, 6.45) is -0.724. The number of carbonyl (C=O) groups is 2. The lowest BCUT2D eigenvalue weighted by atomic mass is 9.92. The lowest BCUT2D eigenvalue weighted by molar-refractivity contribution is -0.119. The summed E-state index contributed by atoms with van der Waals surface area (Å²) in [4.78, 5) is 25.3. The maximum absolute atomic E-state index is 13.1. The van der Waals surface area contributed by atoms with Gasteiger partial charge >= 0.3 is 6.09 Å². The van der Waals surface area contributed by atoms with Crippen LogP contribution in [-0.2, 0) is 14.4 Å². The maximum atomic E-state index is 13.1. The summed E-state index contributed by atoms with van der Waals surface area (Å²) < 4.78 is 5.39. The summed E-state index contributed by atoms with van der Waals surface area (Å²) >= 11 is 6.79. The predicted molar refractivity (Wildman–Crippen MR) is 93.2 cm³/mol. The molecular weight excluding hydrogens is 326 g/mol. The van der Waals surface area contributed by atoms with Gasteiger partial charge in [-0.25, -0.2) is 9.69 Å². The Morgan fingerprint density at radius 1 is 1.04 bits per heavy atom. The molecule has 1 aliphatic rings. The van der Waals surface area contributed by atoms with Crippen LogP contribution in [0.4, 0.5) is 10.5 Å². The number of imide groups is 1. The Morgan fingerprint density at radius 3 is 2.25 bits per heavy atom. The molecule has 0 N–H and O–H groups in total. The molecule has 1 atom stereocenters. The Hall–Kier alpha value is -2.33. The zero-order valence-corrected chi connectivity index (χ0v) is 14.5. The molecule has 0 aromatic heterocycles. The number of amides is 2. The lowest BCUT2D eigenvalue weighted by Crippen LogP contribution is -2.43. The van der Waals surface area contributed by atoms with Gasteiger partial charge in [-0.2, -0.15) is 0 Å². The van der Waals surface area contributed by atoms with Crippen LogP contribution in [0.2, 0.25) is 0 Å². The van der Waals surface area contributed by atoms with Crippen molar-refractivity contribution >= 4 is 29.3 Å². The molecule has 0 bridgehead atoms. The van der Waals surface area contributed by atoms with Crippen molar-refractivity contribution in [3.8, 4) is 0 Å². The third-order valence-electron chi connectivity index (χ3n) is 3.76. The first-order valence-corrected chi connectivity index (χ1v) is 8.04. The zero-order valence-electron chi connectivity index (χ0n) is 13.7. The lowest BCUT2D eigenvalue weighted by Gasteiger charge is -2.25. The average Bonchev–Trinajstić information content (AvgIpc) is 2.76. The molecule has 0 unspecified atom stereocenters. The van der Waals surface area contributed by atoms with E-state index in [9.17, 15) is 9.59 Å². The molecule has 0 saturated carbocycles. The van der Waals surface area contributed by atoms with Crippen LogP contribution in [0.1, 0.15) is 31.9 Å². The largest absolute Gasteiger partial charge is 0.443 e. The number of alkyl halides is 1. The van der Waals surface area contributed by atoms with Crippen molar-refractivity contribution in [2.24, 2.45) is 0 Å². The summed E-state index contributed by atoms with van der Waals surface area (Å²) in [6, 6.07) is 16.0. The van der Waals surface area contributed by atoms with Gasteiger partial charge in [-0.1, -0.05) is 60.1 Å². The molecule has 5 heteroatoms. The van der Waals surface area contributed by atoms with Gasteiger partial charge in [0.05, 0.1) is 5.69 Å². The Morgan fingerprint density at radius 2 is 1.62 bits per heavy atom. The van der Waals surface area contributed by atoms with Gasteiger partial charge < -0.3 is 4.74 Å². The second kappa shape index (κ2) is 5.64. The molecule has 24 heavy (non-hydrogen) atoms. The Bertz CT molecular complexity index is 798. The topological polar surface area (TPSA) is 46.6 Å². The van der Waals surface area contributed by atoms with Gasteiger partial charge in [-0.15, -0.1) is 0 Å². The highest BCUT2D eigenvalue weighted by Gasteiger charge is 2.53. The second-order valence-corrected chi connectivity index (χ2v) is 7.23. The Balaban J connectivity index is 2.13. The molecule has 1 aliphatic heterocycles. The maximum Gasteiger partial charge on any atom is 0.421 e. The summed E-state index contributed by atoms with van der Waals surface area (Å²) in [5, 5.41) is 0. The van der Waals surface area contributed by atoms with E-state index in [-0.39, 0.29) is 0 Å². The number of hydrogen-bond donors (Lipinski definition) is 0. The normalized spacial score (nSPS) is 20.0. The third kappa shape index (κ3) is 2.57. The quantitative estimate of drug-likeness (QED) is 0.718. The monoisotopic (exact) mass is 343 g/mol. The van der Waals surface area contributed by atoms with E-state index in [4.69, 9.17) is 16.3 Å². The van der Waals surface area contributed by atoms with Crippen molar-refractivity contribution in [1.82, 2.24) is 0 Å². The molecule has 2 aromatic carbocycles. The van der Waals surface area contributed by atoms with Gasteiger partial charge in [0.2, 0.25) is 0 Å². The Labute approximate surface area is 146 Å². The number of fused-ring (bicyclic) bond motifs is 1. The molecular formula is C19H18ClNO3. The van der Waals surface area contributed by atoms with E-state index in [2.05, 4.69) is 0 Å². The fourth-order valence-corrected chi connectivity index (χ4v) is 3.14. The molecule has 0 radical (unpaired) electrons. The standard InChI is InChI=1S/C19H18ClNO3/c1-18(2,3)24-17(23)21-15-12-8-7-11-14(15)19(20,16(21)22)13-9-5-4-6-10-13/h4-12H,1-3H3/t19-/m1/s1. The molecule has 0 spiro atoms. The van der Waals surface area contributed by atoms with Crippen LogP contribution in [0, 0.1) is 0 Å². The minimum absolute atomic E-state index is 0.454. The molecule has 0 saturated heterocycles. The summed E-state index contributed by atoms with van der Waals surface area (Å²) in [7, 11) is 0. The van der Waals surface area contributed by atoms with Crippen LogP contribution >= 0.6 is 11.6 Å².